The number of aromatic nitrogens is 2. The van der Waals surface area contributed by atoms with Gasteiger partial charge in [0.05, 0.1) is 11.0 Å². The van der Waals surface area contributed by atoms with E-state index in [0.717, 1.165) is 36.4 Å². The van der Waals surface area contributed by atoms with E-state index in [2.05, 4.69) is 21.7 Å². The van der Waals surface area contributed by atoms with Crippen molar-refractivity contribution < 1.29 is 0 Å². The predicted molar refractivity (Wildman–Crippen MR) is 73.9 cm³/mol. The second-order valence-electron chi connectivity index (χ2n) is 4.55. The quantitative estimate of drug-likeness (QED) is 0.753. The molecule has 1 aromatic carbocycles. The van der Waals surface area contributed by atoms with Crippen LogP contribution >= 0.6 is 0 Å². The lowest BCUT2D eigenvalue weighted by atomic mass is 10.2. The van der Waals surface area contributed by atoms with Crippen molar-refractivity contribution in [1.29, 1.82) is 5.26 Å². The summed E-state index contributed by atoms with van der Waals surface area (Å²) in [4.78, 5) is 4.56. The van der Waals surface area contributed by atoms with E-state index in [1.54, 1.807) is 0 Å². The number of nitrogens with one attached hydrogen (secondary N) is 2. The zero-order chi connectivity index (χ0) is 13.2. The van der Waals surface area contributed by atoms with E-state index in [9.17, 15) is 5.26 Å². The number of nitrogens with zero attached hydrogens (tertiary/aromatic N) is 3. The van der Waals surface area contributed by atoms with Crippen LogP contribution in [0.2, 0.25) is 0 Å². The van der Waals surface area contributed by atoms with Gasteiger partial charge in [0.1, 0.15) is 17.5 Å². The first-order chi connectivity index (χ1) is 9.31. The normalized spacial score (nSPS) is 14.6. The van der Waals surface area contributed by atoms with Crippen molar-refractivity contribution in [3.63, 3.8) is 0 Å². The third-order valence-corrected chi connectivity index (χ3v) is 3.33. The van der Waals surface area contributed by atoms with Gasteiger partial charge in [0.15, 0.2) is 5.82 Å². The molecule has 1 fully saturated rings. The van der Waals surface area contributed by atoms with Crippen LogP contribution in [0.1, 0.15) is 12.2 Å². The SMILES string of the molecule is Cn1c(C(C#N)=C2NCCCN2)nc2ccccc21. The summed E-state index contributed by atoms with van der Waals surface area (Å²) in [5, 5.41) is 15.9. The fourth-order valence-corrected chi connectivity index (χ4v) is 2.34. The molecule has 3 rings (SSSR count). The second-order valence-corrected chi connectivity index (χ2v) is 4.55. The molecule has 5 heteroatoms. The van der Waals surface area contributed by atoms with Gasteiger partial charge in [0, 0.05) is 20.1 Å². The maximum absolute atomic E-state index is 9.44. The molecule has 0 amide bonds. The van der Waals surface area contributed by atoms with E-state index in [1.165, 1.54) is 0 Å². The Morgan fingerprint density at radius 2 is 2.05 bits per heavy atom. The van der Waals surface area contributed by atoms with Crippen LogP contribution in [0.5, 0.6) is 0 Å². The van der Waals surface area contributed by atoms with Crippen LogP contribution in [-0.4, -0.2) is 22.6 Å². The molecule has 0 radical (unpaired) electrons. The lowest BCUT2D eigenvalue weighted by Gasteiger charge is -2.20. The number of hydrogen-bond donors (Lipinski definition) is 2. The van der Waals surface area contributed by atoms with E-state index in [1.807, 2.05) is 35.9 Å². The van der Waals surface area contributed by atoms with E-state index >= 15 is 0 Å². The number of nitriles is 1. The van der Waals surface area contributed by atoms with Crippen molar-refractivity contribution in [3.05, 3.63) is 35.9 Å². The van der Waals surface area contributed by atoms with Gasteiger partial charge in [-0.3, -0.25) is 0 Å². The van der Waals surface area contributed by atoms with Crippen molar-refractivity contribution in [3.8, 4) is 6.07 Å². The Morgan fingerprint density at radius 3 is 2.74 bits per heavy atom. The number of allylic oxidation sites excluding steroid dienone is 1. The summed E-state index contributed by atoms with van der Waals surface area (Å²) in [6.07, 6.45) is 1.06. The Labute approximate surface area is 111 Å². The van der Waals surface area contributed by atoms with Crippen LogP contribution in [0.25, 0.3) is 16.6 Å². The third kappa shape index (κ3) is 1.91. The van der Waals surface area contributed by atoms with Crippen LogP contribution < -0.4 is 10.6 Å². The van der Waals surface area contributed by atoms with Gasteiger partial charge in [-0.15, -0.1) is 0 Å². The molecule has 2 aromatic rings. The summed E-state index contributed by atoms with van der Waals surface area (Å²) >= 11 is 0. The maximum Gasteiger partial charge on any atom is 0.155 e. The Hall–Kier alpha value is -2.48. The minimum atomic E-state index is 0.568. The molecule has 0 bridgehead atoms. The molecule has 0 saturated carbocycles. The second kappa shape index (κ2) is 4.65. The smallest absolute Gasteiger partial charge is 0.155 e. The molecule has 2 heterocycles. The average molecular weight is 253 g/mol. The minimum absolute atomic E-state index is 0.568. The number of fused-ring (bicyclic) bond motifs is 1. The topological polar surface area (TPSA) is 65.7 Å². The van der Waals surface area contributed by atoms with Crippen molar-refractivity contribution in [2.75, 3.05) is 13.1 Å². The van der Waals surface area contributed by atoms with E-state index in [0.29, 0.717) is 11.4 Å². The number of para-hydroxylation sites is 2. The number of benzene rings is 1. The number of rotatable bonds is 1. The third-order valence-electron chi connectivity index (χ3n) is 3.33. The molecule has 0 aliphatic carbocycles. The highest BCUT2D eigenvalue weighted by atomic mass is 15.1. The monoisotopic (exact) mass is 253 g/mol. The molecule has 0 spiro atoms. The van der Waals surface area contributed by atoms with Crippen molar-refractivity contribution >= 4 is 16.6 Å². The molecule has 0 atom stereocenters. The lowest BCUT2D eigenvalue weighted by Crippen LogP contribution is -2.36. The Balaban J connectivity index is 2.17. The fraction of sp³-hybridized carbons (Fsp3) is 0.286. The van der Waals surface area contributed by atoms with Gasteiger partial charge in [-0.1, -0.05) is 12.1 Å². The summed E-state index contributed by atoms with van der Waals surface area (Å²) in [6, 6.07) is 10.2. The Bertz CT molecular complexity index is 681. The van der Waals surface area contributed by atoms with E-state index < -0.39 is 0 Å². The highest BCUT2D eigenvalue weighted by Crippen LogP contribution is 2.21. The first-order valence-electron chi connectivity index (χ1n) is 6.35. The van der Waals surface area contributed by atoms with Gasteiger partial charge in [-0.25, -0.2) is 4.98 Å². The zero-order valence-electron chi connectivity index (χ0n) is 10.8. The molecule has 5 nitrogen and oxygen atoms in total. The minimum Gasteiger partial charge on any atom is -0.371 e. The first kappa shape index (κ1) is 11.6. The summed E-state index contributed by atoms with van der Waals surface area (Å²) in [7, 11) is 1.94. The number of aryl methyl sites for hydroxylation is 1. The van der Waals surface area contributed by atoms with Crippen molar-refractivity contribution in [2.45, 2.75) is 6.42 Å². The van der Waals surface area contributed by atoms with E-state index in [4.69, 9.17) is 0 Å². The van der Waals surface area contributed by atoms with Crippen molar-refractivity contribution in [1.82, 2.24) is 20.2 Å². The summed E-state index contributed by atoms with van der Waals surface area (Å²) < 4.78 is 1.96. The molecular weight excluding hydrogens is 238 g/mol. The van der Waals surface area contributed by atoms with Gasteiger partial charge in [-0.2, -0.15) is 5.26 Å². The molecular formula is C14H15N5. The molecule has 1 aliphatic heterocycles. The predicted octanol–water partition coefficient (Wildman–Crippen LogP) is 1.35. The van der Waals surface area contributed by atoms with E-state index in [-0.39, 0.29) is 0 Å². The summed E-state index contributed by atoms with van der Waals surface area (Å²) in [6.45, 7) is 1.77. The first-order valence-corrected chi connectivity index (χ1v) is 6.35. The van der Waals surface area contributed by atoms with Crippen LogP contribution in [0, 0.1) is 11.3 Å². The van der Waals surface area contributed by atoms with Gasteiger partial charge in [0.2, 0.25) is 0 Å². The molecule has 19 heavy (non-hydrogen) atoms. The van der Waals surface area contributed by atoms with Crippen LogP contribution in [0.15, 0.2) is 30.1 Å². The van der Waals surface area contributed by atoms with Crippen LogP contribution in [-0.2, 0) is 7.05 Å². The Kier molecular flexibility index (Phi) is 2.84. The fourth-order valence-electron chi connectivity index (χ4n) is 2.34. The van der Waals surface area contributed by atoms with Gasteiger partial charge in [0.25, 0.3) is 0 Å². The Morgan fingerprint density at radius 1 is 1.32 bits per heavy atom. The molecule has 1 aliphatic rings. The van der Waals surface area contributed by atoms with Gasteiger partial charge >= 0.3 is 0 Å². The summed E-state index contributed by atoms with van der Waals surface area (Å²) in [5.74, 6) is 1.48. The highest BCUT2D eigenvalue weighted by molar-refractivity contribution is 5.84. The molecule has 1 saturated heterocycles. The number of hydrogen-bond acceptors (Lipinski definition) is 4. The largest absolute Gasteiger partial charge is 0.371 e. The average Bonchev–Trinajstić information content (AvgIpc) is 2.79. The maximum atomic E-state index is 9.44. The van der Waals surface area contributed by atoms with Crippen molar-refractivity contribution in [2.24, 2.45) is 7.05 Å². The molecule has 2 N–H and O–H groups in total. The number of imidazole rings is 1. The van der Waals surface area contributed by atoms with Crippen LogP contribution in [0.4, 0.5) is 0 Å². The van der Waals surface area contributed by atoms with Crippen LogP contribution in [0.3, 0.4) is 0 Å². The summed E-state index contributed by atoms with van der Waals surface area (Å²) in [5.41, 5.74) is 2.50. The molecule has 96 valence electrons. The lowest BCUT2D eigenvalue weighted by molar-refractivity contribution is 0.575. The highest BCUT2D eigenvalue weighted by Gasteiger charge is 2.17. The molecule has 0 unspecified atom stereocenters. The van der Waals surface area contributed by atoms with Gasteiger partial charge < -0.3 is 15.2 Å². The van der Waals surface area contributed by atoms with Gasteiger partial charge in [-0.05, 0) is 18.6 Å². The standard InChI is InChI=1S/C14H15N5/c1-19-12-6-3-2-5-11(12)18-14(19)10(9-15)13-16-7-4-8-17-13/h2-3,5-6,16-17H,4,7-8H2,1H3. The zero-order valence-corrected chi connectivity index (χ0v) is 10.8. The molecule has 1 aromatic heterocycles.